The number of ether oxygens (including phenoxy) is 3. The molecule has 0 radical (unpaired) electrons. The molecule has 0 saturated carbocycles. The molecule has 0 aliphatic carbocycles. The van der Waals surface area contributed by atoms with E-state index < -0.39 is 11.9 Å². The highest BCUT2D eigenvalue weighted by molar-refractivity contribution is 9.10. The van der Waals surface area contributed by atoms with Gasteiger partial charge < -0.3 is 19.5 Å². The number of benzene rings is 2. The molecule has 2 aromatic carbocycles. The predicted octanol–water partition coefficient (Wildman–Crippen LogP) is 3.57. The number of imide groups is 1. The first kappa shape index (κ1) is 19.8. The first-order valence-electron chi connectivity index (χ1n) is 8.35. The summed E-state index contributed by atoms with van der Waals surface area (Å²) in [5.41, 5.74) is 1.65. The van der Waals surface area contributed by atoms with Gasteiger partial charge in [-0.15, -0.1) is 0 Å². The van der Waals surface area contributed by atoms with Crippen LogP contribution in [0.1, 0.15) is 11.1 Å². The van der Waals surface area contributed by atoms with Crippen LogP contribution in [0.15, 0.2) is 46.6 Å². The summed E-state index contributed by atoms with van der Waals surface area (Å²) in [6.45, 7) is 0.185. The lowest BCUT2D eigenvalue weighted by molar-refractivity contribution is -0.123. The molecule has 0 atom stereocenters. The number of urea groups is 1. The minimum absolute atomic E-state index is 0.177. The fourth-order valence-corrected chi connectivity index (χ4v) is 3.10. The standard InChI is InChI=1S/C20H19BrN2O5/c1-26-16-9-13(10-17(27-2)18(16)28-3)8-15-19(24)23(20(25)22-15)11-12-4-6-14(21)7-5-12/h4-10H,11H2,1-3H3,(H,22,25)/b15-8+. The Morgan fingerprint density at radius 3 is 2.14 bits per heavy atom. The second-order valence-electron chi connectivity index (χ2n) is 5.96. The molecule has 28 heavy (non-hydrogen) atoms. The van der Waals surface area contributed by atoms with Gasteiger partial charge >= 0.3 is 6.03 Å². The van der Waals surface area contributed by atoms with Gasteiger partial charge in [-0.3, -0.25) is 9.69 Å². The average Bonchev–Trinajstić information content (AvgIpc) is 2.96. The number of methoxy groups -OCH3 is 3. The highest BCUT2D eigenvalue weighted by Gasteiger charge is 2.33. The second kappa shape index (κ2) is 8.35. The van der Waals surface area contributed by atoms with E-state index in [1.165, 1.54) is 21.3 Å². The second-order valence-corrected chi connectivity index (χ2v) is 6.88. The van der Waals surface area contributed by atoms with Gasteiger partial charge in [-0.05, 0) is 41.5 Å². The summed E-state index contributed by atoms with van der Waals surface area (Å²) in [4.78, 5) is 26.1. The molecule has 3 amide bonds. The van der Waals surface area contributed by atoms with Gasteiger partial charge in [-0.25, -0.2) is 4.79 Å². The highest BCUT2D eigenvalue weighted by atomic mass is 79.9. The van der Waals surface area contributed by atoms with Gasteiger partial charge in [-0.1, -0.05) is 28.1 Å². The molecule has 1 heterocycles. The first-order chi connectivity index (χ1) is 13.5. The maximum absolute atomic E-state index is 12.7. The van der Waals surface area contributed by atoms with Crippen molar-refractivity contribution >= 4 is 33.9 Å². The molecular weight excluding hydrogens is 428 g/mol. The van der Waals surface area contributed by atoms with E-state index in [4.69, 9.17) is 14.2 Å². The normalized spacial score (nSPS) is 15.0. The van der Waals surface area contributed by atoms with Crippen LogP contribution in [0.3, 0.4) is 0 Å². The van der Waals surface area contributed by atoms with Crippen molar-refractivity contribution in [3.8, 4) is 17.2 Å². The number of carbonyl (C=O) groups excluding carboxylic acids is 2. The lowest BCUT2D eigenvalue weighted by Gasteiger charge is -2.13. The average molecular weight is 447 g/mol. The number of halogens is 1. The third-order valence-corrected chi connectivity index (χ3v) is 4.74. The van der Waals surface area contributed by atoms with Gasteiger partial charge in [0.1, 0.15) is 5.70 Å². The quantitative estimate of drug-likeness (QED) is 0.542. The molecule has 0 spiro atoms. The highest BCUT2D eigenvalue weighted by Crippen LogP contribution is 2.38. The van der Waals surface area contributed by atoms with Crippen molar-refractivity contribution in [1.82, 2.24) is 10.2 Å². The summed E-state index contributed by atoms with van der Waals surface area (Å²) < 4.78 is 16.9. The van der Waals surface area contributed by atoms with Crippen LogP contribution in [0.4, 0.5) is 4.79 Å². The molecule has 0 aromatic heterocycles. The zero-order valence-electron chi connectivity index (χ0n) is 15.6. The van der Waals surface area contributed by atoms with E-state index in [0.29, 0.717) is 22.8 Å². The van der Waals surface area contributed by atoms with Crippen LogP contribution in [0, 0.1) is 0 Å². The Balaban J connectivity index is 1.88. The van der Waals surface area contributed by atoms with Crippen molar-refractivity contribution in [2.24, 2.45) is 0 Å². The lowest BCUT2D eigenvalue weighted by Crippen LogP contribution is -2.30. The number of rotatable bonds is 6. The van der Waals surface area contributed by atoms with Crippen molar-refractivity contribution in [1.29, 1.82) is 0 Å². The van der Waals surface area contributed by atoms with E-state index in [1.54, 1.807) is 18.2 Å². The number of nitrogens with one attached hydrogen (secondary N) is 1. The first-order valence-corrected chi connectivity index (χ1v) is 9.15. The molecule has 0 unspecified atom stereocenters. The topological polar surface area (TPSA) is 77.1 Å². The molecule has 1 fully saturated rings. The fourth-order valence-electron chi connectivity index (χ4n) is 2.84. The number of nitrogens with zero attached hydrogens (tertiary/aromatic N) is 1. The number of hydrogen-bond acceptors (Lipinski definition) is 5. The molecule has 146 valence electrons. The van der Waals surface area contributed by atoms with Crippen molar-refractivity contribution in [3.63, 3.8) is 0 Å². The van der Waals surface area contributed by atoms with Crippen LogP contribution >= 0.6 is 15.9 Å². The van der Waals surface area contributed by atoms with Crippen LogP contribution in [-0.4, -0.2) is 38.2 Å². The Morgan fingerprint density at radius 2 is 1.61 bits per heavy atom. The molecular formula is C20H19BrN2O5. The number of amides is 3. The maximum atomic E-state index is 12.7. The van der Waals surface area contributed by atoms with Crippen LogP contribution in [0.2, 0.25) is 0 Å². The molecule has 1 aliphatic rings. The molecule has 8 heteroatoms. The SMILES string of the molecule is COc1cc(/C=C2/NC(=O)N(Cc3ccc(Br)cc3)C2=O)cc(OC)c1OC. The Morgan fingerprint density at radius 1 is 1.00 bits per heavy atom. The largest absolute Gasteiger partial charge is 0.493 e. The predicted molar refractivity (Wildman–Crippen MR) is 107 cm³/mol. The van der Waals surface area contributed by atoms with Crippen molar-refractivity contribution in [2.45, 2.75) is 6.54 Å². The Bertz CT molecular complexity index is 915. The lowest BCUT2D eigenvalue weighted by atomic mass is 10.1. The van der Waals surface area contributed by atoms with Gasteiger partial charge in [0.2, 0.25) is 5.75 Å². The monoisotopic (exact) mass is 446 g/mol. The molecule has 3 rings (SSSR count). The van der Waals surface area contributed by atoms with E-state index in [-0.39, 0.29) is 12.2 Å². The Kier molecular flexibility index (Phi) is 5.89. The molecule has 0 bridgehead atoms. The third-order valence-electron chi connectivity index (χ3n) is 4.21. The molecule has 1 aliphatic heterocycles. The Hall–Kier alpha value is -3.00. The molecule has 1 N–H and O–H groups in total. The van der Waals surface area contributed by atoms with E-state index in [2.05, 4.69) is 21.2 Å². The van der Waals surface area contributed by atoms with Crippen molar-refractivity contribution in [2.75, 3.05) is 21.3 Å². The van der Waals surface area contributed by atoms with E-state index in [1.807, 2.05) is 24.3 Å². The minimum atomic E-state index is -0.466. The molecule has 7 nitrogen and oxygen atoms in total. The van der Waals surface area contributed by atoms with E-state index in [0.717, 1.165) is 14.9 Å². The minimum Gasteiger partial charge on any atom is -0.493 e. The molecule has 2 aromatic rings. The van der Waals surface area contributed by atoms with Crippen LogP contribution < -0.4 is 19.5 Å². The molecule has 1 saturated heterocycles. The van der Waals surface area contributed by atoms with Gasteiger partial charge in [0.05, 0.1) is 27.9 Å². The third kappa shape index (κ3) is 3.96. The maximum Gasteiger partial charge on any atom is 0.329 e. The van der Waals surface area contributed by atoms with Gasteiger partial charge in [-0.2, -0.15) is 0 Å². The van der Waals surface area contributed by atoms with Crippen molar-refractivity contribution in [3.05, 3.63) is 57.7 Å². The number of carbonyl (C=O) groups is 2. The van der Waals surface area contributed by atoms with Crippen molar-refractivity contribution < 1.29 is 23.8 Å². The number of hydrogen-bond donors (Lipinski definition) is 1. The van der Waals surface area contributed by atoms with E-state index in [9.17, 15) is 9.59 Å². The Labute approximate surface area is 171 Å². The summed E-state index contributed by atoms with van der Waals surface area (Å²) >= 11 is 3.36. The van der Waals surface area contributed by atoms with Gasteiger partial charge in [0, 0.05) is 4.47 Å². The smallest absolute Gasteiger partial charge is 0.329 e. The van der Waals surface area contributed by atoms with E-state index >= 15 is 0 Å². The summed E-state index contributed by atoms with van der Waals surface area (Å²) in [5.74, 6) is 0.960. The zero-order valence-corrected chi connectivity index (χ0v) is 17.2. The fraction of sp³-hybridized carbons (Fsp3) is 0.200. The van der Waals surface area contributed by atoms with Crippen LogP contribution in [0.5, 0.6) is 17.2 Å². The van der Waals surface area contributed by atoms with Crippen LogP contribution in [-0.2, 0) is 11.3 Å². The zero-order chi connectivity index (χ0) is 20.3. The van der Waals surface area contributed by atoms with Gasteiger partial charge in [0.25, 0.3) is 5.91 Å². The summed E-state index contributed by atoms with van der Waals surface area (Å²) in [6, 6.07) is 10.4. The van der Waals surface area contributed by atoms with Crippen LogP contribution in [0.25, 0.3) is 6.08 Å². The summed E-state index contributed by atoms with van der Waals surface area (Å²) in [7, 11) is 4.53. The van der Waals surface area contributed by atoms with Gasteiger partial charge in [0.15, 0.2) is 11.5 Å². The summed E-state index contributed by atoms with van der Waals surface area (Å²) in [6.07, 6.45) is 1.58. The summed E-state index contributed by atoms with van der Waals surface area (Å²) in [5, 5.41) is 2.61.